The molecule has 0 fully saturated rings. The number of ether oxygens (including phenoxy) is 1. The van der Waals surface area contributed by atoms with Gasteiger partial charge in [0.2, 0.25) is 0 Å². The van der Waals surface area contributed by atoms with E-state index >= 15 is 0 Å². The highest BCUT2D eigenvalue weighted by molar-refractivity contribution is 7.91. The van der Waals surface area contributed by atoms with Crippen molar-refractivity contribution in [3.8, 4) is 5.75 Å². The van der Waals surface area contributed by atoms with Crippen LogP contribution in [-0.2, 0) is 9.84 Å². The molecule has 132 valence electrons. The minimum atomic E-state index is -3.14. The summed E-state index contributed by atoms with van der Waals surface area (Å²) in [6.45, 7) is 5.67. The molecule has 0 saturated heterocycles. The molecule has 0 saturated carbocycles. The van der Waals surface area contributed by atoms with Crippen LogP contribution in [-0.4, -0.2) is 44.5 Å². The quantitative estimate of drug-likeness (QED) is 0.800. The van der Waals surface area contributed by atoms with Crippen LogP contribution in [0.4, 0.5) is 0 Å². The van der Waals surface area contributed by atoms with Gasteiger partial charge in [0, 0.05) is 17.4 Å². The molecule has 0 aliphatic carbocycles. The van der Waals surface area contributed by atoms with Crippen LogP contribution in [0, 0.1) is 12.8 Å². The summed E-state index contributed by atoms with van der Waals surface area (Å²) >= 11 is 0. The summed E-state index contributed by atoms with van der Waals surface area (Å²) in [4.78, 5) is 15.4. The van der Waals surface area contributed by atoms with Crippen molar-refractivity contribution in [1.82, 2.24) is 10.3 Å². The molecule has 1 aromatic heterocycles. The first-order chi connectivity index (χ1) is 11.2. The van der Waals surface area contributed by atoms with Gasteiger partial charge in [0.05, 0.1) is 18.6 Å². The van der Waals surface area contributed by atoms with E-state index < -0.39 is 9.84 Å². The molecule has 7 heteroatoms. The van der Waals surface area contributed by atoms with E-state index in [-0.39, 0.29) is 29.9 Å². The minimum Gasteiger partial charge on any atom is -0.497 e. The molecule has 2 N–H and O–H groups in total. The summed E-state index contributed by atoms with van der Waals surface area (Å²) in [5.74, 6) is 0.577. The highest BCUT2D eigenvalue weighted by Gasteiger charge is 2.17. The molecule has 0 spiro atoms. The van der Waals surface area contributed by atoms with E-state index in [2.05, 4.69) is 10.3 Å². The normalized spacial score (nSPS) is 11.9. The Balaban J connectivity index is 2.08. The first kappa shape index (κ1) is 18.3. The number of aromatic amines is 1. The Morgan fingerprint density at radius 2 is 2.04 bits per heavy atom. The van der Waals surface area contributed by atoms with E-state index in [4.69, 9.17) is 4.74 Å². The van der Waals surface area contributed by atoms with Gasteiger partial charge in [-0.1, -0.05) is 13.8 Å². The van der Waals surface area contributed by atoms with Crippen molar-refractivity contribution >= 4 is 26.6 Å². The second kappa shape index (κ2) is 7.25. The molecular formula is C17H24N2O4S. The van der Waals surface area contributed by atoms with E-state index in [0.29, 0.717) is 5.69 Å². The molecule has 0 aliphatic heterocycles. The van der Waals surface area contributed by atoms with Crippen LogP contribution in [0.2, 0.25) is 0 Å². The summed E-state index contributed by atoms with van der Waals surface area (Å²) in [5.41, 5.74) is 2.09. The molecule has 24 heavy (non-hydrogen) atoms. The Kier molecular flexibility index (Phi) is 5.54. The Morgan fingerprint density at radius 3 is 2.67 bits per heavy atom. The molecule has 0 atom stereocenters. The topological polar surface area (TPSA) is 88.3 Å². The minimum absolute atomic E-state index is 0.0516. The van der Waals surface area contributed by atoms with Crippen molar-refractivity contribution in [3.63, 3.8) is 0 Å². The molecule has 1 heterocycles. The molecule has 0 aliphatic rings. The summed E-state index contributed by atoms with van der Waals surface area (Å²) < 4.78 is 28.9. The average molecular weight is 352 g/mol. The summed E-state index contributed by atoms with van der Waals surface area (Å²) in [7, 11) is -1.55. The van der Waals surface area contributed by atoms with Gasteiger partial charge in [0.15, 0.2) is 9.84 Å². The number of carbonyl (C=O) groups is 1. The standard InChI is InChI=1S/C17H24N2O4S/c1-11(2)10-24(21,22)8-7-18-17(20)16-12(3)14-9-13(23-4)5-6-15(14)19-16/h5-6,9,11,19H,7-8,10H2,1-4H3,(H,18,20). The number of methoxy groups -OCH3 is 1. The van der Waals surface area contributed by atoms with Gasteiger partial charge in [0.1, 0.15) is 11.4 Å². The average Bonchev–Trinajstić information content (AvgIpc) is 2.82. The van der Waals surface area contributed by atoms with Crippen LogP contribution in [0.3, 0.4) is 0 Å². The van der Waals surface area contributed by atoms with Gasteiger partial charge in [0.25, 0.3) is 5.91 Å². The first-order valence-corrected chi connectivity index (χ1v) is 9.70. The highest BCUT2D eigenvalue weighted by atomic mass is 32.2. The Bertz CT molecular complexity index is 838. The SMILES string of the molecule is COc1ccc2[nH]c(C(=O)NCCS(=O)(=O)CC(C)C)c(C)c2c1. The zero-order chi connectivity index (χ0) is 17.9. The summed E-state index contributed by atoms with van der Waals surface area (Å²) in [6.07, 6.45) is 0. The van der Waals surface area contributed by atoms with Crippen LogP contribution in [0.25, 0.3) is 10.9 Å². The van der Waals surface area contributed by atoms with Gasteiger partial charge >= 0.3 is 0 Å². The van der Waals surface area contributed by atoms with Gasteiger partial charge in [-0.15, -0.1) is 0 Å². The molecule has 6 nitrogen and oxygen atoms in total. The van der Waals surface area contributed by atoms with E-state index in [9.17, 15) is 13.2 Å². The van der Waals surface area contributed by atoms with Crippen LogP contribution >= 0.6 is 0 Å². The van der Waals surface area contributed by atoms with Crippen molar-refractivity contribution in [1.29, 1.82) is 0 Å². The van der Waals surface area contributed by atoms with Crippen LogP contribution in [0.5, 0.6) is 5.75 Å². The smallest absolute Gasteiger partial charge is 0.268 e. The zero-order valence-electron chi connectivity index (χ0n) is 14.5. The largest absolute Gasteiger partial charge is 0.497 e. The lowest BCUT2D eigenvalue weighted by atomic mass is 10.1. The van der Waals surface area contributed by atoms with Crippen molar-refractivity contribution in [2.45, 2.75) is 20.8 Å². The van der Waals surface area contributed by atoms with Crippen molar-refractivity contribution in [2.24, 2.45) is 5.92 Å². The lowest BCUT2D eigenvalue weighted by Gasteiger charge is -2.08. The van der Waals surface area contributed by atoms with Gasteiger partial charge in [-0.3, -0.25) is 4.79 Å². The van der Waals surface area contributed by atoms with E-state index in [1.54, 1.807) is 7.11 Å². The number of rotatable bonds is 7. The first-order valence-electron chi connectivity index (χ1n) is 7.88. The molecule has 1 amide bonds. The fraction of sp³-hybridized carbons (Fsp3) is 0.471. The number of H-pyrrole nitrogens is 1. The fourth-order valence-electron chi connectivity index (χ4n) is 2.66. The predicted octanol–water partition coefficient (Wildman–Crippen LogP) is 2.29. The van der Waals surface area contributed by atoms with Crippen molar-refractivity contribution < 1.29 is 17.9 Å². The molecule has 0 radical (unpaired) electrons. The number of sulfone groups is 1. The number of benzene rings is 1. The van der Waals surface area contributed by atoms with Crippen molar-refractivity contribution in [3.05, 3.63) is 29.5 Å². The molecule has 0 unspecified atom stereocenters. The maximum Gasteiger partial charge on any atom is 0.268 e. The number of fused-ring (bicyclic) bond motifs is 1. The van der Waals surface area contributed by atoms with Crippen LogP contribution in [0.15, 0.2) is 18.2 Å². The molecule has 0 bridgehead atoms. The fourth-order valence-corrected chi connectivity index (χ4v) is 4.25. The van der Waals surface area contributed by atoms with Gasteiger partial charge in [-0.2, -0.15) is 0 Å². The molecule has 2 aromatic rings. The summed E-state index contributed by atoms with van der Waals surface area (Å²) in [5, 5.41) is 3.59. The third-order valence-corrected chi connectivity index (χ3v) is 5.78. The van der Waals surface area contributed by atoms with E-state index in [1.807, 2.05) is 39.0 Å². The number of nitrogens with one attached hydrogen (secondary N) is 2. The monoisotopic (exact) mass is 352 g/mol. The lowest BCUT2D eigenvalue weighted by molar-refractivity contribution is 0.0951. The second-order valence-electron chi connectivity index (χ2n) is 6.30. The van der Waals surface area contributed by atoms with E-state index in [1.165, 1.54) is 0 Å². The highest BCUT2D eigenvalue weighted by Crippen LogP contribution is 2.25. The van der Waals surface area contributed by atoms with Gasteiger partial charge in [-0.05, 0) is 36.6 Å². The number of aryl methyl sites for hydroxylation is 1. The third-order valence-electron chi connectivity index (χ3n) is 3.78. The number of amides is 1. The van der Waals surface area contributed by atoms with Gasteiger partial charge < -0.3 is 15.0 Å². The van der Waals surface area contributed by atoms with Crippen LogP contribution in [0.1, 0.15) is 29.9 Å². The molecule has 1 aromatic carbocycles. The second-order valence-corrected chi connectivity index (χ2v) is 8.53. The molecule has 2 rings (SSSR count). The Hall–Kier alpha value is -2.02. The summed E-state index contributed by atoms with van der Waals surface area (Å²) in [6, 6.07) is 5.54. The lowest BCUT2D eigenvalue weighted by Crippen LogP contribution is -2.31. The maximum atomic E-state index is 12.3. The zero-order valence-corrected chi connectivity index (χ0v) is 15.3. The predicted molar refractivity (Wildman–Crippen MR) is 95.4 cm³/mol. The maximum absolute atomic E-state index is 12.3. The number of hydrogen-bond donors (Lipinski definition) is 2. The Morgan fingerprint density at radius 1 is 1.33 bits per heavy atom. The van der Waals surface area contributed by atoms with E-state index in [0.717, 1.165) is 22.2 Å². The van der Waals surface area contributed by atoms with Crippen LogP contribution < -0.4 is 10.1 Å². The molecular weight excluding hydrogens is 328 g/mol. The Labute approximate surface area is 142 Å². The number of carbonyl (C=O) groups excluding carboxylic acids is 1. The third kappa shape index (κ3) is 4.29. The van der Waals surface area contributed by atoms with Crippen molar-refractivity contribution in [2.75, 3.05) is 25.2 Å². The number of aromatic nitrogens is 1. The number of hydrogen-bond acceptors (Lipinski definition) is 4. The van der Waals surface area contributed by atoms with Gasteiger partial charge in [-0.25, -0.2) is 8.42 Å².